The second-order valence-electron chi connectivity index (χ2n) is 1.54. The van der Waals surface area contributed by atoms with E-state index < -0.39 is 12.6 Å². The molecular weight excluding hydrogens is 112 g/mol. The zero-order chi connectivity index (χ0) is 5.98. The van der Waals surface area contributed by atoms with Crippen LogP contribution in [0.2, 0.25) is 0 Å². The molecule has 1 aliphatic heterocycles. The summed E-state index contributed by atoms with van der Waals surface area (Å²) in [5.74, 6) is 0. The summed E-state index contributed by atoms with van der Waals surface area (Å²) in [7, 11) is 0. The second-order valence-corrected chi connectivity index (χ2v) is 1.54. The van der Waals surface area contributed by atoms with E-state index in [0.29, 0.717) is 0 Å². The molecule has 1 heterocycles. The zero-order valence-electron chi connectivity index (χ0n) is 4.28. The van der Waals surface area contributed by atoms with E-state index in [-0.39, 0.29) is 13.2 Å². The third kappa shape index (κ3) is 1.16. The fourth-order valence-corrected chi connectivity index (χ4v) is 0.539. The zero-order valence-corrected chi connectivity index (χ0v) is 4.28. The number of rotatable bonds is 1. The van der Waals surface area contributed by atoms with Gasteiger partial charge in [0.2, 0.25) is 0 Å². The molecule has 0 amide bonds. The summed E-state index contributed by atoms with van der Waals surface area (Å²) in [6, 6.07) is 0. The van der Waals surface area contributed by atoms with E-state index in [0.717, 1.165) is 0 Å². The molecule has 0 aromatic carbocycles. The normalized spacial score (nSPS) is 38.2. The van der Waals surface area contributed by atoms with Crippen LogP contribution in [0.15, 0.2) is 0 Å². The van der Waals surface area contributed by atoms with Gasteiger partial charge in [-0.15, -0.1) is 0 Å². The van der Waals surface area contributed by atoms with Crippen LogP contribution >= 0.6 is 0 Å². The topological polar surface area (TPSA) is 58.9 Å². The van der Waals surface area contributed by atoms with Crippen LogP contribution in [-0.2, 0) is 9.47 Å². The van der Waals surface area contributed by atoms with Crippen LogP contribution in [0.25, 0.3) is 0 Å². The highest BCUT2D eigenvalue weighted by atomic mass is 16.8. The van der Waals surface area contributed by atoms with Crippen molar-refractivity contribution in [1.82, 2.24) is 0 Å². The maximum atomic E-state index is 8.57. The Balaban J connectivity index is 2.22. The van der Waals surface area contributed by atoms with Gasteiger partial charge in [-0.3, -0.25) is 0 Å². The Morgan fingerprint density at radius 3 is 2.62 bits per heavy atom. The molecular formula is C4H8O4. The van der Waals surface area contributed by atoms with E-state index in [1.54, 1.807) is 0 Å². The Kier molecular flexibility index (Phi) is 1.80. The smallest absolute Gasteiger partial charge is 0.183 e. The summed E-state index contributed by atoms with van der Waals surface area (Å²) >= 11 is 0. The average molecular weight is 120 g/mol. The molecule has 1 saturated heterocycles. The number of hydrogen-bond acceptors (Lipinski definition) is 4. The van der Waals surface area contributed by atoms with E-state index >= 15 is 0 Å². The van der Waals surface area contributed by atoms with Crippen LogP contribution in [0.1, 0.15) is 0 Å². The highest BCUT2D eigenvalue weighted by molar-refractivity contribution is 4.51. The van der Waals surface area contributed by atoms with Gasteiger partial charge in [0.15, 0.2) is 12.6 Å². The largest absolute Gasteiger partial charge is 0.391 e. The number of ether oxygens (including phenoxy) is 2. The lowest BCUT2D eigenvalue weighted by molar-refractivity contribution is -0.131. The molecule has 0 aromatic rings. The van der Waals surface area contributed by atoms with E-state index in [1.807, 2.05) is 0 Å². The Bertz CT molecular complexity index is 74.4. The summed E-state index contributed by atoms with van der Waals surface area (Å²) in [6.45, 7) is -0.0394. The van der Waals surface area contributed by atoms with Crippen molar-refractivity contribution < 1.29 is 19.7 Å². The molecule has 1 rings (SSSR count). The first-order valence-electron chi connectivity index (χ1n) is 2.39. The molecule has 4 heteroatoms. The van der Waals surface area contributed by atoms with Gasteiger partial charge in [-0.25, -0.2) is 0 Å². The van der Waals surface area contributed by atoms with Crippen molar-refractivity contribution in [3.8, 4) is 0 Å². The molecule has 1 aliphatic rings. The molecule has 8 heavy (non-hydrogen) atoms. The summed E-state index contributed by atoms with van der Waals surface area (Å²) in [6.07, 6.45) is -1.47. The van der Waals surface area contributed by atoms with E-state index in [2.05, 4.69) is 4.74 Å². The molecule has 0 spiro atoms. The monoisotopic (exact) mass is 120 g/mol. The minimum Gasteiger partial charge on any atom is -0.391 e. The van der Waals surface area contributed by atoms with Crippen molar-refractivity contribution in [3.63, 3.8) is 0 Å². The quantitative estimate of drug-likeness (QED) is 0.450. The Morgan fingerprint density at radius 2 is 2.38 bits per heavy atom. The van der Waals surface area contributed by atoms with Gasteiger partial charge in [-0.1, -0.05) is 0 Å². The Labute approximate surface area is 46.6 Å². The first-order valence-corrected chi connectivity index (χ1v) is 2.39. The van der Waals surface area contributed by atoms with Crippen LogP contribution in [0.4, 0.5) is 0 Å². The molecule has 0 radical (unpaired) electrons. The first-order chi connectivity index (χ1) is 3.83. The molecule has 4 nitrogen and oxygen atoms in total. The highest BCUT2D eigenvalue weighted by Crippen LogP contribution is 2.06. The van der Waals surface area contributed by atoms with E-state index in [9.17, 15) is 0 Å². The third-order valence-electron chi connectivity index (χ3n) is 0.883. The van der Waals surface area contributed by atoms with E-state index in [1.165, 1.54) is 0 Å². The molecule has 0 unspecified atom stereocenters. The summed E-state index contributed by atoms with van der Waals surface area (Å²) in [4.78, 5) is 0. The van der Waals surface area contributed by atoms with Crippen LogP contribution in [0.3, 0.4) is 0 Å². The summed E-state index contributed by atoms with van der Waals surface area (Å²) in [5, 5.41) is 16.9. The molecule has 48 valence electrons. The van der Waals surface area contributed by atoms with Gasteiger partial charge in [0.1, 0.15) is 6.61 Å². The predicted octanol–water partition coefficient (Wildman–Crippen LogP) is -1.33. The lowest BCUT2D eigenvalue weighted by Gasteiger charge is -2.02. The lowest BCUT2D eigenvalue weighted by atomic mass is 10.7. The van der Waals surface area contributed by atoms with Gasteiger partial charge in [-0.2, -0.15) is 0 Å². The predicted molar refractivity (Wildman–Crippen MR) is 23.9 cm³/mol. The van der Waals surface area contributed by atoms with Crippen molar-refractivity contribution in [2.75, 3.05) is 13.2 Å². The van der Waals surface area contributed by atoms with Gasteiger partial charge in [0, 0.05) is 0 Å². The molecule has 0 bridgehead atoms. The number of aliphatic hydroxyl groups excluding tert-OH is 2. The van der Waals surface area contributed by atoms with Gasteiger partial charge in [0.25, 0.3) is 0 Å². The van der Waals surface area contributed by atoms with Gasteiger partial charge in [0.05, 0.1) is 6.61 Å². The fourth-order valence-electron chi connectivity index (χ4n) is 0.539. The van der Waals surface area contributed by atoms with Crippen molar-refractivity contribution in [2.45, 2.75) is 12.6 Å². The molecule has 0 aromatic heterocycles. The second kappa shape index (κ2) is 2.41. The Morgan fingerprint density at radius 1 is 1.62 bits per heavy atom. The van der Waals surface area contributed by atoms with Gasteiger partial charge < -0.3 is 19.7 Å². The molecule has 1 fully saturated rings. The van der Waals surface area contributed by atoms with E-state index in [4.69, 9.17) is 14.9 Å². The van der Waals surface area contributed by atoms with Crippen LogP contribution in [0, 0.1) is 0 Å². The van der Waals surface area contributed by atoms with Crippen molar-refractivity contribution >= 4 is 0 Å². The SMILES string of the molecule is OC[C@@H]1OC[C@H](O)O1. The minimum atomic E-state index is -0.854. The highest BCUT2D eigenvalue weighted by Gasteiger charge is 2.22. The van der Waals surface area contributed by atoms with Crippen LogP contribution < -0.4 is 0 Å². The van der Waals surface area contributed by atoms with Crippen LogP contribution in [-0.4, -0.2) is 36.0 Å². The number of hydrogen-bond donors (Lipinski definition) is 2. The van der Waals surface area contributed by atoms with Crippen molar-refractivity contribution in [1.29, 1.82) is 0 Å². The maximum absolute atomic E-state index is 8.57. The number of aliphatic hydroxyl groups is 2. The lowest BCUT2D eigenvalue weighted by Crippen LogP contribution is -2.14. The fraction of sp³-hybridized carbons (Fsp3) is 1.00. The first kappa shape index (κ1) is 5.97. The summed E-state index contributed by atoms with van der Waals surface area (Å²) in [5.41, 5.74) is 0. The van der Waals surface area contributed by atoms with Crippen LogP contribution in [0.5, 0.6) is 0 Å². The maximum Gasteiger partial charge on any atom is 0.183 e. The average Bonchev–Trinajstić information content (AvgIpc) is 2.14. The van der Waals surface area contributed by atoms with Gasteiger partial charge >= 0.3 is 0 Å². The van der Waals surface area contributed by atoms with Gasteiger partial charge in [-0.05, 0) is 0 Å². The molecule has 2 N–H and O–H groups in total. The van der Waals surface area contributed by atoms with Crippen molar-refractivity contribution in [3.05, 3.63) is 0 Å². The minimum absolute atomic E-state index is 0.158. The van der Waals surface area contributed by atoms with Crippen molar-refractivity contribution in [2.24, 2.45) is 0 Å². The molecule has 0 aliphatic carbocycles. The summed E-state index contributed by atoms with van der Waals surface area (Å²) < 4.78 is 9.29. The third-order valence-corrected chi connectivity index (χ3v) is 0.883. The molecule has 0 saturated carbocycles. The Hall–Kier alpha value is -0.160. The standard InChI is InChI=1S/C4H8O4/c5-1-4-7-2-3(6)8-4/h3-6H,1-2H2/t3-,4-/m1/s1. The molecule has 2 atom stereocenters.